The molecule has 1 N–H and O–H groups in total. The fourth-order valence-electron chi connectivity index (χ4n) is 2.83. The summed E-state index contributed by atoms with van der Waals surface area (Å²) >= 11 is 1.42. The van der Waals surface area contributed by atoms with Crippen LogP contribution in [0.15, 0.2) is 83.2 Å². The fraction of sp³-hybridized carbons (Fsp3) is 0.0476. The van der Waals surface area contributed by atoms with Gasteiger partial charge in [-0.05, 0) is 54.8 Å². The van der Waals surface area contributed by atoms with Crippen LogP contribution in [0, 0.1) is 0 Å². The van der Waals surface area contributed by atoms with Crippen LogP contribution in [-0.2, 0) is 10.0 Å². The van der Waals surface area contributed by atoms with E-state index in [1.54, 1.807) is 28.9 Å². The van der Waals surface area contributed by atoms with Gasteiger partial charge >= 0.3 is 0 Å². The Balaban J connectivity index is 1.76. The number of sulfonamides is 1. The van der Waals surface area contributed by atoms with E-state index >= 15 is 0 Å². The number of nitrogens with one attached hydrogen (secondary N) is 1. The summed E-state index contributed by atoms with van der Waals surface area (Å²) < 4.78 is 30.4. The summed E-state index contributed by atoms with van der Waals surface area (Å²) in [7, 11) is -3.90. The van der Waals surface area contributed by atoms with Gasteiger partial charge in [0.1, 0.15) is 10.6 Å². The summed E-state index contributed by atoms with van der Waals surface area (Å²) in [5, 5.41) is 6.41. The van der Waals surface area contributed by atoms with Gasteiger partial charge in [0.25, 0.3) is 10.0 Å². The summed E-state index contributed by atoms with van der Waals surface area (Å²) in [6, 6.07) is 19.3. The minimum Gasteiger partial charge on any atom is -0.295 e. The molecule has 8 heteroatoms. The number of benzene rings is 2. The van der Waals surface area contributed by atoms with Crippen molar-refractivity contribution >= 4 is 32.8 Å². The number of Topliss-reactive ketones (excluding diaryl/α,β-unsaturated/α-hetero) is 1. The van der Waals surface area contributed by atoms with Gasteiger partial charge in [-0.2, -0.15) is 5.10 Å². The Labute approximate surface area is 172 Å². The van der Waals surface area contributed by atoms with E-state index in [0.29, 0.717) is 16.9 Å². The Hall–Kier alpha value is -3.23. The second-order valence-electron chi connectivity index (χ2n) is 6.34. The molecule has 0 amide bonds. The highest BCUT2D eigenvalue weighted by molar-refractivity contribution is 7.92. The van der Waals surface area contributed by atoms with Crippen LogP contribution in [0.3, 0.4) is 0 Å². The zero-order chi connectivity index (χ0) is 20.4. The summed E-state index contributed by atoms with van der Waals surface area (Å²) in [4.78, 5) is 12.3. The first kappa shape index (κ1) is 19.1. The smallest absolute Gasteiger partial charge is 0.265 e. The lowest BCUT2D eigenvalue weighted by atomic mass is 10.1. The van der Waals surface area contributed by atoms with Crippen LogP contribution in [0.5, 0.6) is 0 Å². The lowest BCUT2D eigenvalue weighted by Crippen LogP contribution is -2.13. The predicted molar refractivity (Wildman–Crippen MR) is 114 cm³/mol. The van der Waals surface area contributed by atoms with Crippen molar-refractivity contribution in [3.63, 3.8) is 0 Å². The molecule has 0 unspecified atom stereocenters. The van der Waals surface area contributed by atoms with E-state index in [4.69, 9.17) is 0 Å². The molecule has 4 rings (SSSR count). The third kappa shape index (κ3) is 3.98. The number of thiophene rings is 1. The molecule has 0 aliphatic heterocycles. The molecule has 0 spiro atoms. The molecular weight excluding hydrogens is 406 g/mol. The van der Waals surface area contributed by atoms with Crippen molar-refractivity contribution in [3.8, 4) is 16.3 Å². The van der Waals surface area contributed by atoms with Crippen molar-refractivity contribution in [3.05, 3.63) is 83.9 Å². The second kappa shape index (κ2) is 7.65. The maximum Gasteiger partial charge on any atom is 0.265 e. The molecular formula is C21H17N3O3S2. The maximum atomic E-state index is 13.2. The number of rotatable bonds is 6. The second-order valence-corrected chi connectivity index (χ2v) is 8.94. The van der Waals surface area contributed by atoms with E-state index in [2.05, 4.69) is 9.82 Å². The van der Waals surface area contributed by atoms with Crippen molar-refractivity contribution in [1.29, 1.82) is 0 Å². The molecule has 2 heterocycles. The zero-order valence-electron chi connectivity index (χ0n) is 15.4. The average molecular weight is 424 g/mol. The predicted octanol–water partition coefficient (Wildman–Crippen LogP) is 4.60. The van der Waals surface area contributed by atoms with Gasteiger partial charge in [-0.1, -0.05) is 24.3 Å². The van der Waals surface area contributed by atoms with Crippen LogP contribution in [0.1, 0.15) is 17.3 Å². The summed E-state index contributed by atoms with van der Waals surface area (Å²) in [6.45, 7) is 1.46. The number of hydrogen-bond donors (Lipinski definition) is 1. The average Bonchev–Trinajstić information content (AvgIpc) is 3.39. The number of carbonyl (C=O) groups is 1. The molecule has 0 saturated heterocycles. The van der Waals surface area contributed by atoms with Gasteiger partial charge in [-0.25, -0.2) is 13.1 Å². The number of carbonyl (C=O) groups excluding carboxylic acids is 1. The van der Waals surface area contributed by atoms with Gasteiger partial charge in [0.15, 0.2) is 5.78 Å². The normalized spacial score (nSPS) is 11.3. The number of hydrogen-bond acceptors (Lipinski definition) is 5. The molecule has 0 bridgehead atoms. The molecule has 4 aromatic rings. The van der Waals surface area contributed by atoms with E-state index in [9.17, 15) is 13.2 Å². The van der Waals surface area contributed by atoms with Gasteiger partial charge in [-0.3, -0.25) is 9.52 Å². The van der Waals surface area contributed by atoms with E-state index in [-0.39, 0.29) is 10.7 Å². The summed E-state index contributed by atoms with van der Waals surface area (Å²) in [5.74, 6) is -0.0801. The largest absolute Gasteiger partial charge is 0.295 e. The Bertz CT molecular complexity index is 1240. The monoisotopic (exact) mass is 423 g/mol. The zero-order valence-corrected chi connectivity index (χ0v) is 17.1. The van der Waals surface area contributed by atoms with Crippen LogP contribution in [0.2, 0.25) is 0 Å². The fourth-order valence-corrected chi connectivity index (χ4v) is 4.82. The number of anilines is 1. The molecule has 0 fully saturated rings. The molecule has 2 aromatic heterocycles. The first-order chi connectivity index (χ1) is 13.9. The number of nitrogens with zero attached hydrogens (tertiary/aromatic N) is 2. The molecule has 2 aromatic carbocycles. The Morgan fingerprint density at radius 1 is 1.00 bits per heavy atom. The van der Waals surface area contributed by atoms with E-state index in [1.165, 1.54) is 24.5 Å². The quantitative estimate of drug-likeness (QED) is 0.460. The summed E-state index contributed by atoms with van der Waals surface area (Å²) in [6.07, 6.45) is 1.51. The first-order valence-electron chi connectivity index (χ1n) is 8.77. The lowest BCUT2D eigenvalue weighted by Gasteiger charge is -2.08. The molecule has 0 aliphatic carbocycles. The number of para-hydroxylation sites is 1. The SMILES string of the molecule is CC(=O)c1ccc(NS(=O)(=O)c2cn(-c3ccccc3)nc2-c2cccs2)cc1. The van der Waals surface area contributed by atoms with Crippen molar-refractivity contribution < 1.29 is 13.2 Å². The standard InChI is InChI=1S/C21H17N3O3S2/c1-15(25)16-9-11-17(12-10-16)23-29(26,27)20-14-24(18-6-3-2-4-7-18)22-21(20)19-8-5-13-28-19/h2-14,23H,1H3. The molecule has 0 saturated carbocycles. The lowest BCUT2D eigenvalue weighted by molar-refractivity contribution is 0.101. The highest BCUT2D eigenvalue weighted by atomic mass is 32.2. The van der Waals surface area contributed by atoms with Gasteiger partial charge in [0.2, 0.25) is 0 Å². The topological polar surface area (TPSA) is 81.1 Å². The van der Waals surface area contributed by atoms with Crippen molar-refractivity contribution in [2.45, 2.75) is 11.8 Å². The minimum absolute atomic E-state index is 0.0801. The maximum absolute atomic E-state index is 13.2. The van der Waals surface area contributed by atoms with Gasteiger partial charge < -0.3 is 0 Å². The van der Waals surface area contributed by atoms with Crippen LogP contribution in [-0.4, -0.2) is 24.0 Å². The molecule has 0 aliphatic rings. The number of aromatic nitrogens is 2. The molecule has 146 valence electrons. The highest BCUT2D eigenvalue weighted by Crippen LogP contribution is 2.31. The van der Waals surface area contributed by atoms with Gasteiger partial charge in [0, 0.05) is 11.3 Å². The van der Waals surface area contributed by atoms with E-state index in [1.807, 2.05) is 47.8 Å². The van der Waals surface area contributed by atoms with Gasteiger partial charge in [-0.15, -0.1) is 11.3 Å². The van der Waals surface area contributed by atoms with Crippen LogP contribution in [0.4, 0.5) is 5.69 Å². The molecule has 0 radical (unpaired) electrons. The minimum atomic E-state index is -3.90. The summed E-state index contributed by atoms with van der Waals surface area (Å²) in [5.41, 5.74) is 2.04. The van der Waals surface area contributed by atoms with Crippen LogP contribution < -0.4 is 4.72 Å². The Kier molecular flexibility index (Phi) is 5.04. The first-order valence-corrected chi connectivity index (χ1v) is 11.1. The van der Waals surface area contributed by atoms with Crippen molar-refractivity contribution in [1.82, 2.24) is 9.78 Å². The highest BCUT2D eigenvalue weighted by Gasteiger charge is 2.25. The van der Waals surface area contributed by atoms with Gasteiger partial charge in [0.05, 0.1) is 16.8 Å². The number of ketones is 1. The van der Waals surface area contributed by atoms with E-state index < -0.39 is 10.0 Å². The third-order valence-electron chi connectivity index (χ3n) is 4.29. The third-order valence-corrected chi connectivity index (χ3v) is 6.55. The van der Waals surface area contributed by atoms with Crippen molar-refractivity contribution in [2.24, 2.45) is 0 Å². The van der Waals surface area contributed by atoms with Crippen molar-refractivity contribution in [2.75, 3.05) is 4.72 Å². The molecule has 6 nitrogen and oxygen atoms in total. The molecule has 29 heavy (non-hydrogen) atoms. The van der Waals surface area contributed by atoms with Crippen LogP contribution in [0.25, 0.3) is 16.3 Å². The van der Waals surface area contributed by atoms with Crippen LogP contribution >= 0.6 is 11.3 Å². The Morgan fingerprint density at radius 3 is 2.34 bits per heavy atom. The molecule has 0 atom stereocenters. The Morgan fingerprint density at radius 2 is 1.72 bits per heavy atom. The van der Waals surface area contributed by atoms with E-state index in [0.717, 1.165) is 10.6 Å².